The molecular weight excluding hydrogens is 248 g/mol. The van der Waals surface area contributed by atoms with Crippen LogP contribution < -0.4 is 15.8 Å². The van der Waals surface area contributed by atoms with E-state index in [1.807, 2.05) is 12.1 Å². The molecule has 0 unspecified atom stereocenters. The van der Waals surface area contributed by atoms with Gasteiger partial charge in [-0.15, -0.1) is 0 Å². The number of aliphatic hydroxyl groups excluding tert-OH is 1. The molecule has 0 radical (unpaired) electrons. The van der Waals surface area contributed by atoms with Gasteiger partial charge >= 0.3 is 0 Å². The van der Waals surface area contributed by atoms with E-state index < -0.39 is 0 Å². The summed E-state index contributed by atoms with van der Waals surface area (Å²) in [7, 11) is 0. The monoisotopic (exact) mass is 264 g/mol. The Labute approximate surface area is 110 Å². The van der Waals surface area contributed by atoms with Gasteiger partial charge in [0.15, 0.2) is 0 Å². The SMILES string of the molecule is Nc1cc(NCc2ccsc2)ccc1OCCO. The fraction of sp³-hybridized carbons (Fsp3) is 0.231. The number of rotatable bonds is 6. The zero-order valence-corrected chi connectivity index (χ0v) is 10.7. The number of nitrogens with one attached hydrogen (secondary N) is 1. The molecular formula is C13H16N2O2S. The first kappa shape index (κ1) is 12.7. The van der Waals surface area contributed by atoms with Gasteiger partial charge < -0.3 is 20.9 Å². The topological polar surface area (TPSA) is 67.5 Å². The number of nitrogen functional groups attached to an aromatic ring is 1. The minimum absolute atomic E-state index is 0.0163. The first-order chi connectivity index (χ1) is 8.79. The first-order valence-corrected chi connectivity index (χ1v) is 6.62. The normalized spacial score (nSPS) is 10.3. The molecule has 0 saturated carbocycles. The van der Waals surface area contributed by atoms with Crippen LogP contribution in [0.15, 0.2) is 35.0 Å². The highest BCUT2D eigenvalue weighted by molar-refractivity contribution is 7.07. The first-order valence-electron chi connectivity index (χ1n) is 5.67. The van der Waals surface area contributed by atoms with Crippen molar-refractivity contribution in [1.29, 1.82) is 0 Å². The second kappa shape index (κ2) is 6.28. The molecule has 0 aliphatic carbocycles. The molecule has 1 aromatic heterocycles. The van der Waals surface area contributed by atoms with E-state index in [0.29, 0.717) is 11.4 Å². The van der Waals surface area contributed by atoms with Crippen LogP contribution in [0, 0.1) is 0 Å². The summed E-state index contributed by atoms with van der Waals surface area (Å²) in [5, 5.41) is 16.1. The van der Waals surface area contributed by atoms with Crippen LogP contribution in [0.1, 0.15) is 5.56 Å². The molecule has 0 amide bonds. The number of nitrogens with two attached hydrogens (primary N) is 1. The molecule has 0 fully saturated rings. The predicted molar refractivity (Wildman–Crippen MR) is 75.1 cm³/mol. The Hall–Kier alpha value is -1.72. The Balaban J connectivity index is 1.95. The molecule has 2 aromatic rings. The Morgan fingerprint density at radius 3 is 2.89 bits per heavy atom. The highest BCUT2D eigenvalue weighted by atomic mass is 32.1. The third kappa shape index (κ3) is 3.38. The molecule has 0 aliphatic heterocycles. The lowest BCUT2D eigenvalue weighted by atomic mass is 10.2. The van der Waals surface area contributed by atoms with Gasteiger partial charge in [0.25, 0.3) is 0 Å². The maximum Gasteiger partial charge on any atom is 0.142 e. The predicted octanol–water partition coefficient (Wildman–Crippen LogP) is 2.31. The quantitative estimate of drug-likeness (QED) is 0.700. The van der Waals surface area contributed by atoms with E-state index in [0.717, 1.165) is 12.2 Å². The smallest absolute Gasteiger partial charge is 0.142 e. The highest BCUT2D eigenvalue weighted by Gasteiger charge is 2.02. The van der Waals surface area contributed by atoms with Gasteiger partial charge in [-0.1, -0.05) is 0 Å². The summed E-state index contributed by atoms with van der Waals surface area (Å²) in [6, 6.07) is 7.63. The molecule has 4 nitrogen and oxygen atoms in total. The van der Waals surface area contributed by atoms with E-state index in [4.69, 9.17) is 15.6 Å². The van der Waals surface area contributed by atoms with Gasteiger partial charge in [-0.05, 0) is 40.6 Å². The van der Waals surface area contributed by atoms with Crippen LogP contribution in [0.4, 0.5) is 11.4 Å². The standard InChI is InChI=1S/C13H16N2O2S/c14-12-7-11(1-2-13(12)17-5-4-16)15-8-10-3-6-18-9-10/h1-3,6-7,9,15-16H,4-5,8,14H2. The molecule has 18 heavy (non-hydrogen) atoms. The second-order valence-electron chi connectivity index (χ2n) is 3.81. The van der Waals surface area contributed by atoms with Crippen LogP contribution in [0.5, 0.6) is 5.75 Å². The highest BCUT2D eigenvalue weighted by Crippen LogP contribution is 2.25. The molecule has 96 valence electrons. The zero-order valence-electron chi connectivity index (χ0n) is 9.93. The number of hydrogen-bond acceptors (Lipinski definition) is 5. The van der Waals surface area contributed by atoms with Gasteiger partial charge in [0, 0.05) is 12.2 Å². The summed E-state index contributed by atoms with van der Waals surface area (Å²) in [5.74, 6) is 0.602. The summed E-state index contributed by atoms with van der Waals surface area (Å²) in [4.78, 5) is 0. The number of thiophene rings is 1. The Kier molecular flexibility index (Phi) is 4.44. The molecule has 5 heteroatoms. The Morgan fingerprint density at radius 1 is 1.33 bits per heavy atom. The van der Waals surface area contributed by atoms with Crippen LogP contribution in [-0.2, 0) is 6.54 Å². The van der Waals surface area contributed by atoms with E-state index in [9.17, 15) is 0 Å². The van der Waals surface area contributed by atoms with Crippen LogP contribution in [0.25, 0.3) is 0 Å². The van der Waals surface area contributed by atoms with Crippen LogP contribution >= 0.6 is 11.3 Å². The van der Waals surface area contributed by atoms with Gasteiger partial charge in [0.2, 0.25) is 0 Å². The van der Waals surface area contributed by atoms with Gasteiger partial charge in [-0.3, -0.25) is 0 Å². The van der Waals surface area contributed by atoms with E-state index in [1.54, 1.807) is 17.4 Å². The summed E-state index contributed by atoms with van der Waals surface area (Å²) >= 11 is 1.68. The molecule has 0 spiro atoms. The van der Waals surface area contributed by atoms with E-state index >= 15 is 0 Å². The average Bonchev–Trinajstić information content (AvgIpc) is 2.88. The maximum absolute atomic E-state index is 8.69. The van der Waals surface area contributed by atoms with Crippen molar-refractivity contribution in [3.05, 3.63) is 40.6 Å². The lowest BCUT2D eigenvalue weighted by molar-refractivity contribution is 0.202. The van der Waals surface area contributed by atoms with Crippen molar-refractivity contribution in [2.24, 2.45) is 0 Å². The second-order valence-corrected chi connectivity index (χ2v) is 4.59. The number of benzene rings is 1. The number of anilines is 2. The van der Waals surface area contributed by atoms with Crippen LogP contribution in [0.3, 0.4) is 0 Å². The van der Waals surface area contributed by atoms with E-state index in [1.165, 1.54) is 5.56 Å². The number of ether oxygens (including phenoxy) is 1. The van der Waals surface area contributed by atoms with Crippen molar-refractivity contribution in [3.63, 3.8) is 0 Å². The average molecular weight is 264 g/mol. The largest absolute Gasteiger partial charge is 0.489 e. The Bertz CT molecular complexity index is 486. The van der Waals surface area contributed by atoms with Crippen molar-refractivity contribution in [2.45, 2.75) is 6.54 Å². The van der Waals surface area contributed by atoms with E-state index in [-0.39, 0.29) is 13.2 Å². The van der Waals surface area contributed by atoms with Gasteiger partial charge in [-0.25, -0.2) is 0 Å². The van der Waals surface area contributed by atoms with Crippen molar-refractivity contribution < 1.29 is 9.84 Å². The zero-order chi connectivity index (χ0) is 12.8. The van der Waals surface area contributed by atoms with Gasteiger partial charge in [0.05, 0.1) is 12.3 Å². The lowest BCUT2D eigenvalue weighted by Crippen LogP contribution is -2.04. The third-order valence-corrected chi connectivity index (χ3v) is 3.17. The summed E-state index contributed by atoms with van der Waals surface area (Å²) in [6.45, 7) is 1.02. The maximum atomic E-state index is 8.69. The van der Waals surface area contributed by atoms with E-state index in [2.05, 4.69) is 22.1 Å². The molecule has 0 atom stereocenters. The minimum atomic E-state index is -0.0163. The van der Waals surface area contributed by atoms with Gasteiger partial charge in [0.1, 0.15) is 12.4 Å². The fourth-order valence-corrected chi connectivity index (χ4v) is 2.21. The summed E-state index contributed by atoms with van der Waals surface area (Å²) < 4.78 is 5.29. The molecule has 4 N–H and O–H groups in total. The van der Waals surface area contributed by atoms with Gasteiger partial charge in [-0.2, -0.15) is 11.3 Å². The molecule has 0 bridgehead atoms. The molecule has 1 aromatic carbocycles. The van der Waals surface area contributed by atoms with Crippen molar-refractivity contribution in [2.75, 3.05) is 24.3 Å². The molecule has 1 heterocycles. The van der Waals surface area contributed by atoms with Crippen LogP contribution in [-0.4, -0.2) is 18.3 Å². The molecule has 0 saturated heterocycles. The molecule has 2 rings (SSSR count). The summed E-state index contributed by atoms with van der Waals surface area (Å²) in [5.41, 5.74) is 8.64. The van der Waals surface area contributed by atoms with Crippen molar-refractivity contribution in [3.8, 4) is 5.75 Å². The lowest BCUT2D eigenvalue weighted by Gasteiger charge is -2.10. The number of aliphatic hydroxyl groups is 1. The third-order valence-electron chi connectivity index (χ3n) is 2.44. The minimum Gasteiger partial charge on any atom is -0.489 e. The Morgan fingerprint density at radius 2 is 2.22 bits per heavy atom. The van der Waals surface area contributed by atoms with Crippen molar-refractivity contribution in [1.82, 2.24) is 0 Å². The fourth-order valence-electron chi connectivity index (χ4n) is 1.54. The van der Waals surface area contributed by atoms with Crippen molar-refractivity contribution >= 4 is 22.7 Å². The van der Waals surface area contributed by atoms with Crippen LogP contribution in [0.2, 0.25) is 0 Å². The molecule has 0 aliphatic rings. The summed E-state index contributed by atoms with van der Waals surface area (Å²) in [6.07, 6.45) is 0. The number of hydrogen-bond donors (Lipinski definition) is 3.